The van der Waals surface area contributed by atoms with E-state index in [1.165, 1.54) is 5.06 Å². The number of hydrogen-bond acceptors (Lipinski definition) is 7. The zero-order valence-electron chi connectivity index (χ0n) is 8.75. The number of aliphatic hydroxyl groups is 2. The Balaban J connectivity index is 2.27. The van der Waals surface area contributed by atoms with Crippen LogP contribution in [0.25, 0.3) is 0 Å². The lowest BCUT2D eigenvalue weighted by atomic mass is 10.1. The number of esters is 1. The Labute approximate surface area is 91.5 Å². The van der Waals surface area contributed by atoms with E-state index in [-0.39, 0.29) is 0 Å². The summed E-state index contributed by atoms with van der Waals surface area (Å²) in [5, 5.41) is 19.8. The fraction of sp³-hybridized carbons (Fsp3) is 0.778. The summed E-state index contributed by atoms with van der Waals surface area (Å²) in [6.45, 7) is 2.02. The molecule has 0 amide bonds. The molecule has 16 heavy (non-hydrogen) atoms. The molecule has 2 N–H and O–H groups in total. The van der Waals surface area contributed by atoms with Crippen molar-refractivity contribution < 1.29 is 29.4 Å². The van der Waals surface area contributed by atoms with Crippen LogP contribution in [0.15, 0.2) is 0 Å². The SMILES string of the molecule is C[C@@]12CCCN1OC(=O)C(O)C(O)C(=O)O2. The molecule has 2 unspecified atom stereocenters. The predicted molar refractivity (Wildman–Crippen MR) is 48.5 cm³/mol. The molecular formula is C9H13NO6. The van der Waals surface area contributed by atoms with Gasteiger partial charge in [-0.05, 0) is 13.3 Å². The van der Waals surface area contributed by atoms with Gasteiger partial charge in [-0.1, -0.05) is 5.06 Å². The Bertz CT molecular complexity index is 332. The van der Waals surface area contributed by atoms with Crippen LogP contribution in [-0.4, -0.2) is 51.7 Å². The van der Waals surface area contributed by atoms with E-state index in [4.69, 9.17) is 9.57 Å². The Morgan fingerprint density at radius 2 is 1.94 bits per heavy atom. The third-order valence-corrected chi connectivity index (χ3v) is 2.83. The largest absolute Gasteiger partial charge is 0.439 e. The minimum Gasteiger partial charge on any atom is -0.439 e. The second kappa shape index (κ2) is 3.69. The van der Waals surface area contributed by atoms with E-state index >= 15 is 0 Å². The van der Waals surface area contributed by atoms with Gasteiger partial charge < -0.3 is 19.8 Å². The minimum absolute atomic E-state index is 0.429. The van der Waals surface area contributed by atoms with Crippen LogP contribution in [0.1, 0.15) is 19.8 Å². The summed E-state index contributed by atoms with van der Waals surface area (Å²) >= 11 is 0. The summed E-state index contributed by atoms with van der Waals surface area (Å²) in [6, 6.07) is 0. The average Bonchev–Trinajstić information content (AvgIpc) is 2.56. The van der Waals surface area contributed by atoms with E-state index < -0.39 is 29.9 Å². The predicted octanol–water partition coefficient (Wildman–Crippen LogP) is -1.46. The first kappa shape index (κ1) is 11.3. The molecule has 2 rings (SSSR count). The van der Waals surface area contributed by atoms with Crippen molar-refractivity contribution in [3.8, 4) is 0 Å². The Morgan fingerprint density at radius 3 is 2.62 bits per heavy atom. The monoisotopic (exact) mass is 231 g/mol. The van der Waals surface area contributed by atoms with Crippen molar-refractivity contribution in [3.05, 3.63) is 0 Å². The topological polar surface area (TPSA) is 96.3 Å². The Kier molecular flexibility index (Phi) is 2.61. The molecule has 0 bridgehead atoms. The molecule has 7 heteroatoms. The van der Waals surface area contributed by atoms with E-state index in [0.29, 0.717) is 19.4 Å². The maximum absolute atomic E-state index is 11.4. The van der Waals surface area contributed by atoms with Gasteiger partial charge in [-0.2, -0.15) is 0 Å². The number of aliphatic hydroxyl groups excluding tert-OH is 2. The summed E-state index contributed by atoms with van der Waals surface area (Å²) in [5.41, 5.74) is -1.05. The number of rotatable bonds is 0. The number of fused-ring (bicyclic) bond motifs is 1. The van der Waals surface area contributed by atoms with Gasteiger partial charge in [-0.25, -0.2) is 9.59 Å². The third-order valence-electron chi connectivity index (χ3n) is 2.83. The van der Waals surface area contributed by atoms with Gasteiger partial charge in [0, 0.05) is 13.0 Å². The van der Waals surface area contributed by atoms with E-state index in [0.717, 1.165) is 0 Å². The smallest absolute Gasteiger partial charge is 0.357 e. The van der Waals surface area contributed by atoms with Crippen LogP contribution in [0, 0.1) is 0 Å². The van der Waals surface area contributed by atoms with Gasteiger partial charge in [0.25, 0.3) is 0 Å². The van der Waals surface area contributed by atoms with Gasteiger partial charge in [-0.15, -0.1) is 0 Å². The van der Waals surface area contributed by atoms with Crippen LogP contribution in [0.2, 0.25) is 0 Å². The van der Waals surface area contributed by atoms with Crippen molar-refractivity contribution >= 4 is 11.9 Å². The summed E-state index contributed by atoms with van der Waals surface area (Å²) in [7, 11) is 0. The standard InChI is InChI=1S/C9H13NO6/c1-9-3-2-4-10(9)16-8(14)6(12)5(11)7(13)15-9/h5-6,11-12H,2-4H2,1H3/t5?,6?,9-/m1/s1. The molecule has 7 nitrogen and oxygen atoms in total. The van der Waals surface area contributed by atoms with Crippen LogP contribution in [-0.2, 0) is 19.2 Å². The molecule has 2 fully saturated rings. The summed E-state index contributed by atoms with van der Waals surface area (Å²) in [6.07, 6.45) is -2.59. The summed E-state index contributed by atoms with van der Waals surface area (Å²) in [5.74, 6) is -2.06. The zero-order valence-corrected chi connectivity index (χ0v) is 8.75. The molecule has 2 saturated heterocycles. The Morgan fingerprint density at radius 1 is 1.31 bits per heavy atom. The van der Waals surface area contributed by atoms with Crippen LogP contribution < -0.4 is 0 Å². The number of carbonyl (C=O) groups is 2. The van der Waals surface area contributed by atoms with Crippen molar-refractivity contribution in [2.45, 2.75) is 37.7 Å². The molecule has 2 heterocycles. The minimum atomic E-state index is -1.90. The van der Waals surface area contributed by atoms with Crippen molar-refractivity contribution in [3.63, 3.8) is 0 Å². The fourth-order valence-electron chi connectivity index (χ4n) is 1.85. The molecule has 0 saturated carbocycles. The molecule has 2 aliphatic rings. The highest BCUT2D eigenvalue weighted by atomic mass is 16.8. The Hall–Kier alpha value is -1.18. The highest BCUT2D eigenvalue weighted by Gasteiger charge is 2.49. The second-order valence-corrected chi connectivity index (χ2v) is 4.10. The summed E-state index contributed by atoms with van der Waals surface area (Å²) in [4.78, 5) is 27.6. The molecule has 0 spiro atoms. The molecule has 0 aliphatic carbocycles. The molecule has 90 valence electrons. The normalized spacial score (nSPS) is 40.7. The van der Waals surface area contributed by atoms with Gasteiger partial charge in [0.05, 0.1) is 0 Å². The lowest BCUT2D eigenvalue weighted by molar-refractivity contribution is -0.282. The van der Waals surface area contributed by atoms with E-state index in [9.17, 15) is 19.8 Å². The first-order chi connectivity index (χ1) is 7.44. The molecular weight excluding hydrogens is 218 g/mol. The van der Waals surface area contributed by atoms with Gasteiger partial charge in [0.2, 0.25) is 0 Å². The fourth-order valence-corrected chi connectivity index (χ4v) is 1.85. The lowest BCUT2D eigenvalue weighted by Crippen LogP contribution is -2.55. The number of ether oxygens (including phenoxy) is 1. The summed E-state index contributed by atoms with van der Waals surface area (Å²) < 4.78 is 5.03. The quantitative estimate of drug-likeness (QED) is 0.491. The van der Waals surface area contributed by atoms with Gasteiger partial charge >= 0.3 is 11.9 Å². The van der Waals surface area contributed by atoms with Crippen molar-refractivity contribution in [1.82, 2.24) is 5.06 Å². The van der Waals surface area contributed by atoms with Gasteiger partial charge in [0.15, 0.2) is 17.9 Å². The lowest BCUT2D eigenvalue weighted by Gasteiger charge is -2.36. The molecule has 0 aromatic rings. The van der Waals surface area contributed by atoms with E-state index in [1.807, 2.05) is 0 Å². The number of hydrogen-bond donors (Lipinski definition) is 2. The number of hydroxylamine groups is 2. The van der Waals surface area contributed by atoms with Crippen LogP contribution in [0.3, 0.4) is 0 Å². The van der Waals surface area contributed by atoms with Crippen molar-refractivity contribution in [1.29, 1.82) is 0 Å². The second-order valence-electron chi connectivity index (χ2n) is 4.10. The maximum Gasteiger partial charge on any atom is 0.357 e. The molecule has 0 aromatic heterocycles. The van der Waals surface area contributed by atoms with Crippen LogP contribution in [0.5, 0.6) is 0 Å². The number of nitrogens with zero attached hydrogens (tertiary/aromatic N) is 1. The van der Waals surface area contributed by atoms with E-state index in [1.54, 1.807) is 6.92 Å². The van der Waals surface area contributed by atoms with Crippen LogP contribution in [0.4, 0.5) is 0 Å². The molecule has 0 radical (unpaired) electrons. The maximum atomic E-state index is 11.4. The average molecular weight is 231 g/mol. The first-order valence-electron chi connectivity index (χ1n) is 5.02. The number of carbonyl (C=O) groups excluding carboxylic acids is 2. The van der Waals surface area contributed by atoms with Crippen LogP contribution >= 0.6 is 0 Å². The van der Waals surface area contributed by atoms with Gasteiger partial charge in [-0.3, -0.25) is 0 Å². The van der Waals surface area contributed by atoms with E-state index in [2.05, 4.69) is 0 Å². The zero-order chi connectivity index (χ0) is 11.9. The molecule has 0 aromatic carbocycles. The molecule has 3 atom stereocenters. The van der Waals surface area contributed by atoms with Gasteiger partial charge in [0.1, 0.15) is 0 Å². The molecule has 2 aliphatic heterocycles. The highest BCUT2D eigenvalue weighted by molar-refractivity contribution is 5.85. The first-order valence-corrected chi connectivity index (χ1v) is 5.02. The van der Waals surface area contributed by atoms with Crippen molar-refractivity contribution in [2.75, 3.05) is 6.54 Å². The third kappa shape index (κ3) is 1.66. The highest BCUT2D eigenvalue weighted by Crippen LogP contribution is 2.32. The van der Waals surface area contributed by atoms with Crippen molar-refractivity contribution in [2.24, 2.45) is 0 Å².